The van der Waals surface area contributed by atoms with E-state index in [4.69, 9.17) is 4.74 Å². The van der Waals surface area contributed by atoms with Crippen LogP contribution in [0.3, 0.4) is 0 Å². The number of fused-ring (bicyclic) bond motifs is 1. The summed E-state index contributed by atoms with van der Waals surface area (Å²) in [5.41, 5.74) is 3.74. The van der Waals surface area contributed by atoms with Crippen molar-refractivity contribution in [3.63, 3.8) is 0 Å². The van der Waals surface area contributed by atoms with Crippen molar-refractivity contribution in [3.05, 3.63) is 53.6 Å². The molecule has 2 N–H and O–H groups in total. The summed E-state index contributed by atoms with van der Waals surface area (Å²) in [5.74, 6) is 0.588. The van der Waals surface area contributed by atoms with Crippen LogP contribution >= 0.6 is 0 Å². The van der Waals surface area contributed by atoms with Crippen LogP contribution in [-0.4, -0.2) is 55.0 Å². The predicted octanol–water partition coefficient (Wildman–Crippen LogP) is 2.87. The standard InChI is InChI=1S/C24H30N4O3/c1-16(2)25-24(30)19-5-7-20(8-6-19)28-12-10-27(11-13-28)15-18-4-9-22-21(14-18)26-23(29)17(3)31-22/h4-9,14,16-17H,10-13,15H2,1-3H3,(H,25,30)(H,26,29). The molecule has 0 radical (unpaired) electrons. The number of hydrogen-bond acceptors (Lipinski definition) is 5. The number of ether oxygens (including phenoxy) is 1. The first-order valence-electron chi connectivity index (χ1n) is 10.9. The second kappa shape index (κ2) is 8.98. The average Bonchev–Trinajstić information content (AvgIpc) is 2.75. The van der Waals surface area contributed by atoms with Gasteiger partial charge < -0.3 is 20.3 Å². The first kappa shape index (κ1) is 21.2. The number of carbonyl (C=O) groups excluding carboxylic acids is 2. The van der Waals surface area contributed by atoms with Crippen LogP contribution < -0.4 is 20.3 Å². The zero-order valence-electron chi connectivity index (χ0n) is 18.4. The highest BCUT2D eigenvalue weighted by atomic mass is 16.5. The quantitative estimate of drug-likeness (QED) is 0.775. The lowest BCUT2D eigenvalue weighted by atomic mass is 10.1. The Hall–Kier alpha value is -3.06. The number of anilines is 2. The smallest absolute Gasteiger partial charge is 0.265 e. The molecular weight excluding hydrogens is 392 g/mol. The van der Waals surface area contributed by atoms with Crippen molar-refractivity contribution in [1.29, 1.82) is 0 Å². The van der Waals surface area contributed by atoms with E-state index in [2.05, 4.69) is 26.5 Å². The van der Waals surface area contributed by atoms with E-state index < -0.39 is 6.10 Å². The maximum absolute atomic E-state index is 12.1. The van der Waals surface area contributed by atoms with Gasteiger partial charge in [-0.3, -0.25) is 14.5 Å². The Kier molecular flexibility index (Phi) is 6.13. The summed E-state index contributed by atoms with van der Waals surface area (Å²) in [6.07, 6.45) is -0.454. The molecule has 31 heavy (non-hydrogen) atoms. The molecule has 2 aliphatic heterocycles. The monoisotopic (exact) mass is 422 g/mol. The number of nitrogens with zero attached hydrogens (tertiary/aromatic N) is 2. The third-order valence-electron chi connectivity index (χ3n) is 5.67. The highest BCUT2D eigenvalue weighted by molar-refractivity contribution is 5.97. The van der Waals surface area contributed by atoms with E-state index in [1.165, 1.54) is 0 Å². The van der Waals surface area contributed by atoms with Crippen LogP contribution in [0.4, 0.5) is 11.4 Å². The maximum Gasteiger partial charge on any atom is 0.265 e. The zero-order chi connectivity index (χ0) is 22.0. The molecule has 1 fully saturated rings. The van der Waals surface area contributed by atoms with Crippen molar-refractivity contribution < 1.29 is 14.3 Å². The summed E-state index contributed by atoms with van der Waals surface area (Å²) >= 11 is 0. The summed E-state index contributed by atoms with van der Waals surface area (Å²) in [7, 11) is 0. The molecular formula is C24H30N4O3. The summed E-state index contributed by atoms with van der Waals surface area (Å²) < 4.78 is 5.64. The summed E-state index contributed by atoms with van der Waals surface area (Å²) in [5, 5.41) is 5.84. The summed E-state index contributed by atoms with van der Waals surface area (Å²) in [4.78, 5) is 28.7. The summed E-state index contributed by atoms with van der Waals surface area (Å²) in [6.45, 7) is 10.3. The number of piperazine rings is 1. The molecule has 1 saturated heterocycles. The fourth-order valence-electron chi connectivity index (χ4n) is 3.95. The van der Waals surface area contributed by atoms with Crippen LogP contribution in [0.15, 0.2) is 42.5 Å². The molecule has 2 heterocycles. The molecule has 0 saturated carbocycles. The second-order valence-corrected chi connectivity index (χ2v) is 8.52. The first-order chi connectivity index (χ1) is 14.9. The second-order valence-electron chi connectivity index (χ2n) is 8.52. The molecule has 0 aliphatic carbocycles. The third-order valence-corrected chi connectivity index (χ3v) is 5.67. The van der Waals surface area contributed by atoms with E-state index >= 15 is 0 Å². The van der Waals surface area contributed by atoms with Crippen molar-refractivity contribution >= 4 is 23.2 Å². The van der Waals surface area contributed by atoms with E-state index in [1.54, 1.807) is 6.92 Å². The van der Waals surface area contributed by atoms with Gasteiger partial charge in [-0.2, -0.15) is 0 Å². The number of carbonyl (C=O) groups is 2. The van der Waals surface area contributed by atoms with E-state index in [9.17, 15) is 9.59 Å². The van der Waals surface area contributed by atoms with Gasteiger partial charge in [0, 0.05) is 50.0 Å². The molecule has 7 nitrogen and oxygen atoms in total. The number of nitrogens with one attached hydrogen (secondary N) is 2. The molecule has 4 rings (SSSR count). The number of hydrogen-bond donors (Lipinski definition) is 2. The van der Waals surface area contributed by atoms with Crippen LogP contribution in [0.1, 0.15) is 36.7 Å². The van der Waals surface area contributed by atoms with E-state index in [0.29, 0.717) is 5.56 Å². The van der Waals surface area contributed by atoms with Crippen molar-refractivity contribution in [3.8, 4) is 5.75 Å². The number of amides is 2. The Bertz CT molecular complexity index is 950. The van der Waals surface area contributed by atoms with E-state index in [-0.39, 0.29) is 17.9 Å². The summed E-state index contributed by atoms with van der Waals surface area (Å²) in [6, 6.07) is 14.0. The lowest BCUT2D eigenvalue weighted by Gasteiger charge is -2.36. The molecule has 2 aromatic rings. The lowest BCUT2D eigenvalue weighted by molar-refractivity contribution is -0.122. The molecule has 0 bridgehead atoms. The van der Waals surface area contributed by atoms with Crippen LogP contribution in [0.25, 0.3) is 0 Å². The molecule has 1 unspecified atom stereocenters. The van der Waals surface area contributed by atoms with E-state index in [0.717, 1.165) is 55.4 Å². The Morgan fingerprint density at radius 2 is 1.84 bits per heavy atom. The van der Waals surface area contributed by atoms with Crippen LogP contribution in [-0.2, 0) is 11.3 Å². The Labute approximate surface area is 183 Å². The highest BCUT2D eigenvalue weighted by Crippen LogP contribution is 2.31. The minimum atomic E-state index is -0.454. The Morgan fingerprint density at radius 1 is 1.13 bits per heavy atom. The van der Waals surface area contributed by atoms with Crippen LogP contribution in [0.5, 0.6) is 5.75 Å². The zero-order valence-corrected chi connectivity index (χ0v) is 18.4. The molecule has 2 aliphatic rings. The van der Waals surface area contributed by atoms with E-state index in [1.807, 2.05) is 50.2 Å². The normalized spacial score (nSPS) is 18.9. The van der Waals surface area contributed by atoms with Gasteiger partial charge in [0.15, 0.2) is 6.10 Å². The van der Waals surface area contributed by atoms with Gasteiger partial charge in [-0.1, -0.05) is 6.07 Å². The van der Waals surface area contributed by atoms with Gasteiger partial charge in [0.1, 0.15) is 5.75 Å². The fraction of sp³-hybridized carbons (Fsp3) is 0.417. The highest BCUT2D eigenvalue weighted by Gasteiger charge is 2.24. The minimum absolute atomic E-state index is 0.0348. The maximum atomic E-state index is 12.1. The van der Waals surface area contributed by atoms with Gasteiger partial charge in [0.05, 0.1) is 5.69 Å². The lowest BCUT2D eigenvalue weighted by Crippen LogP contribution is -2.46. The molecule has 7 heteroatoms. The van der Waals surface area contributed by atoms with Crippen molar-refractivity contribution in [2.24, 2.45) is 0 Å². The average molecular weight is 423 g/mol. The minimum Gasteiger partial charge on any atom is -0.479 e. The molecule has 2 amide bonds. The first-order valence-corrected chi connectivity index (χ1v) is 10.9. The van der Waals surface area contributed by atoms with Crippen LogP contribution in [0.2, 0.25) is 0 Å². The predicted molar refractivity (Wildman–Crippen MR) is 122 cm³/mol. The molecule has 0 spiro atoms. The molecule has 1 atom stereocenters. The Balaban J connectivity index is 1.32. The van der Waals surface area contributed by atoms with Gasteiger partial charge in [0.25, 0.3) is 11.8 Å². The topological polar surface area (TPSA) is 73.9 Å². The molecule has 0 aromatic heterocycles. The number of rotatable bonds is 5. The van der Waals surface area contributed by atoms with Gasteiger partial charge in [-0.05, 0) is 62.7 Å². The third kappa shape index (κ3) is 4.99. The van der Waals surface area contributed by atoms with Gasteiger partial charge in [-0.25, -0.2) is 0 Å². The van der Waals surface area contributed by atoms with Crippen molar-refractivity contribution in [2.45, 2.75) is 39.5 Å². The largest absolute Gasteiger partial charge is 0.479 e. The molecule has 164 valence electrons. The Morgan fingerprint density at radius 3 is 2.52 bits per heavy atom. The van der Waals surface area contributed by atoms with Gasteiger partial charge in [0.2, 0.25) is 0 Å². The van der Waals surface area contributed by atoms with Crippen molar-refractivity contribution in [2.75, 3.05) is 36.4 Å². The van der Waals surface area contributed by atoms with Crippen LogP contribution in [0, 0.1) is 0 Å². The van der Waals surface area contributed by atoms with Gasteiger partial charge >= 0.3 is 0 Å². The van der Waals surface area contributed by atoms with Crippen molar-refractivity contribution in [1.82, 2.24) is 10.2 Å². The fourth-order valence-corrected chi connectivity index (χ4v) is 3.95. The number of benzene rings is 2. The van der Waals surface area contributed by atoms with Gasteiger partial charge in [-0.15, -0.1) is 0 Å². The molecule has 2 aromatic carbocycles. The SMILES string of the molecule is CC(C)NC(=O)c1ccc(N2CCN(Cc3ccc4c(c3)NC(=O)C(C)O4)CC2)cc1.